The molecule has 4 atom stereocenters. The van der Waals surface area contributed by atoms with Crippen LogP contribution in [0.25, 0.3) is 0 Å². The van der Waals surface area contributed by atoms with Crippen LogP contribution in [-0.2, 0) is 4.74 Å². The van der Waals surface area contributed by atoms with Crippen LogP contribution in [0.4, 0.5) is 0 Å². The fourth-order valence-corrected chi connectivity index (χ4v) is 1.52. The molecule has 1 aromatic heterocycles. The molecule has 0 saturated carbocycles. The fraction of sp³-hybridized carbons (Fsp3) is 0.714. The summed E-state index contributed by atoms with van der Waals surface area (Å²) in [6, 6.07) is 0. The molecule has 1 fully saturated rings. The first-order chi connectivity index (χ1) is 7.13. The first-order valence-corrected chi connectivity index (χ1v) is 4.39. The summed E-state index contributed by atoms with van der Waals surface area (Å²) in [5, 5.41) is 30.1. The molecule has 0 unspecified atom stereocenters. The van der Waals surface area contributed by atoms with Gasteiger partial charge in [-0.15, -0.1) is 0 Å². The molecule has 84 valence electrons. The second-order valence-electron chi connectivity index (χ2n) is 3.30. The maximum Gasteiger partial charge on any atom is 0.361 e. The molecule has 15 heavy (non-hydrogen) atoms. The highest BCUT2D eigenvalue weighted by Gasteiger charge is 2.43. The largest absolute Gasteiger partial charge is 0.394 e. The third-order valence-electron chi connectivity index (χ3n) is 2.32. The SMILES string of the molecule is O=c1ncn([C@@H]2O[C@H](CO)[C@@H](O)[C@H]2O)[nH]1. The molecule has 1 aliphatic rings. The van der Waals surface area contributed by atoms with Gasteiger partial charge in [0.1, 0.15) is 24.6 Å². The summed E-state index contributed by atoms with van der Waals surface area (Å²) in [5.74, 6) is 0. The van der Waals surface area contributed by atoms with Crippen LogP contribution in [0.5, 0.6) is 0 Å². The maximum atomic E-state index is 10.7. The highest BCUT2D eigenvalue weighted by molar-refractivity contribution is 4.88. The van der Waals surface area contributed by atoms with Crippen molar-refractivity contribution in [1.82, 2.24) is 14.8 Å². The van der Waals surface area contributed by atoms with Gasteiger partial charge in [0, 0.05) is 0 Å². The number of nitrogens with zero attached hydrogens (tertiary/aromatic N) is 2. The van der Waals surface area contributed by atoms with Crippen LogP contribution in [0.1, 0.15) is 6.23 Å². The van der Waals surface area contributed by atoms with Crippen molar-refractivity contribution in [3.63, 3.8) is 0 Å². The lowest BCUT2D eigenvalue weighted by atomic mass is 10.1. The van der Waals surface area contributed by atoms with Crippen LogP contribution in [-0.4, -0.2) is 55.0 Å². The first-order valence-electron chi connectivity index (χ1n) is 4.39. The minimum absolute atomic E-state index is 0.409. The third kappa shape index (κ3) is 1.67. The zero-order valence-electron chi connectivity index (χ0n) is 7.65. The summed E-state index contributed by atoms with van der Waals surface area (Å²) in [6.07, 6.45) is -3.05. The van der Waals surface area contributed by atoms with Crippen molar-refractivity contribution in [3.05, 3.63) is 16.8 Å². The van der Waals surface area contributed by atoms with E-state index in [1.807, 2.05) is 0 Å². The second-order valence-corrected chi connectivity index (χ2v) is 3.30. The van der Waals surface area contributed by atoms with Gasteiger partial charge in [-0.25, -0.2) is 14.6 Å². The Morgan fingerprint density at radius 1 is 1.53 bits per heavy atom. The quantitative estimate of drug-likeness (QED) is 0.424. The van der Waals surface area contributed by atoms with E-state index in [0.29, 0.717) is 0 Å². The number of ether oxygens (including phenoxy) is 1. The zero-order valence-corrected chi connectivity index (χ0v) is 7.65. The van der Waals surface area contributed by atoms with Gasteiger partial charge in [-0.05, 0) is 0 Å². The smallest absolute Gasteiger partial charge is 0.361 e. The van der Waals surface area contributed by atoms with E-state index in [4.69, 9.17) is 9.84 Å². The Kier molecular flexibility index (Phi) is 2.57. The standard InChI is InChI=1S/C7H11N3O5/c11-1-3-4(12)5(13)6(15-3)10-2-8-7(14)9-10/h2-6,11-13H,1H2,(H,9,14)/t3-,4-,5-,6-/m1/s1. The van der Waals surface area contributed by atoms with E-state index in [0.717, 1.165) is 11.0 Å². The molecule has 0 radical (unpaired) electrons. The topological polar surface area (TPSA) is 121 Å². The number of nitrogens with one attached hydrogen (secondary N) is 1. The number of aliphatic hydroxyl groups excluding tert-OH is 3. The van der Waals surface area contributed by atoms with Crippen molar-refractivity contribution in [2.45, 2.75) is 24.5 Å². The van der Waals surface area contributed by atoms with Crippen LogP contribution in [0.2, 0.25) is 0 Å². The van der Waals surface area contributed by atoms with Crippen LogP contribution in [0.3, 0.4) is 0 Å². The Balaban J connectivity index is 2.21. The molecule has 8 heteroatoms. The van der Waals surface area contributed by atoms with Gasteiger partial charge in [0.2, 0.25) is 0 Å². The number of hydrogen-bond donors (Lipinski definition) is 4. The summed E-state index contributed by atoms with van der Waals surface area (Å²) < 4.78 is 6.28. The first kappa shape index (κ1) is 10.3. The van der Waals surface area contributed by atoms with Gasteiger partial charge in [-0.2, -0.15) is 4.98 Å². The number of hydrogen-bond acceptors (Lipinski definition) is 6. The predicted octanol–water partition coefficient (Wildman–Crippen LogP) is -2.82. The Hall–Kier alpha value is -1.22. The normalized spacial score (nSPS) is 35.9. The summed E-state index contributed by atoms with van der Waals surface area (Å²) in [7, 11) is 0. The molecule has 1 saturated heterocycles. The Morgan fingerprint density at radius 2 is 2.27 bits per heavy atom. The number of aromatic amines is 1. The van der Waals surface area contributed by atoms with Gasteiger partial charge >= 0.3 is 5.69 Å². The molecule has 0 aliphatic carbocycles. The van der Waals surface area contributed by atoms with E-state index < -0.39 is 36.8 Å². The Labute approximate surface area is 83.7 Å². The molecule has 0 amide bonds. The van der Waals surface area contributed by atoms with Crippen molar-refractivity contribution in [1.29, 1.82) is 0 Å². The van der Waals surface area contributed by atoms with E-state index in [1.165, 1.54) is 0 Å². The van der Waals surface area contributed by atoms with Crippen molar-refractivity contribution < 1.29 is 20.1 Å². The van der Waals surface area contributed by atoms with Gasteiger partial charge in [0.15, 0.2) is 6.23 Å². The fourth-order valence-electron chi connectivity index (χ4n) is 1.52. The number of aliphatic hydroxyl groups is 3. The summed E-state index contributed by atoms with van der Waals surface area (Å²) in [6.45, 7) is -0.409. The third-order valence-corrected chi connectivity index (χ3v) is 2.32. The van der Waals surface area contributed by atoms with Crippen molar-refractivity contribution in [2.24, 2.45) is 0 Å². The molecular weight excluding hydrogens is 206 g/mol. The lowest BCUT2D eigenvalue weighted by Crippen LogP contribution is -2.33. The van der Waals surface area contributed by atoms with Gasteiger partial charge in [0.25, 0.3) is 0 Å². The van der Waals surface area contributed by atoms with Crippen LogP contribution >= 0.6 is 0 Å². The molecular formula is C7H11N3O5. The average molecular weight is 217 g/mol. The predicted molar refractivity (Wildman–Crippen MR) is 45.9 cm³/mol. The van der Waals surface area contributed by atoms with Crippen LogP contribution < -0.4 is 5.69 Å². The summed E-state index contributed by atoms with van der Waals surface area (Å²) >= 11 is 0. The molecule has 0 spiro atoms. The van der Waals surface area contributed by atoms with E-state index in [1.54, 1.807) is 0 Å². The molecule has 0 aromatic carbocycles. The number of rotatable bonds is 2. The van der Waals surface area contributed by atoms with E-state index in [-0.39, 0.29) is 0 Å². The number of H-pyrrole nitrogens is 1. The highest BCUT2D eigenvalue weighted by atomic mass is 16.6. The van der Waals surface area contributed by atoms with Gasteiger partial charge in [-0.1, -0.05) is 0 Å². The molecule has 4 N–H and O–H groups in total. The highest BCUT2D eigenvalue weighted by Crippen LogP contribution is 2.27. The Bertz CT molecular complexity index is 388. The minimum atomic E-state index is -1.22. The van der Waals surface area contributed by atoms with Crippen LogP contribution in [0.15, 0.2) is 11.1 Å². The molecule has 2 heterocycles. The minimum Gasteiger partial charge on any atom is -0.394 e. The molecule has 0 bridgehead atoms. The monoisotopic (exact) mass is 217 g/mol. The van der Waals surface area contributed by atoms with E-state index in [2.05, 4.69) is 10.1 Å². The second kappa shape index (κ2) is 3.74. The molecule has 1 aliphatic heterocycles. The average Bonchev–Trinajstić information content (AvgIpc) is 2.74. The summed E-state index contributed by atoms with van der Waals surface area (Å²) in [4.78, 5) is 14.1. The maximum absolute atomic E-state index is 10.7. The lowest BCUT2D eigenvalue weighted by Gasteiger charge is -2.14. The van der Waals surface area contributed by atoms with E-state index >= 15 is 0 Å². The number of aromatic nitrogens is 3. The van der Waals surface area contributed by atoms with Crippen molar-refractivity contribution in [3.8, 4) is 0 Å². The Morgan fingerprint density at radius 3 is 2.73 bits per heavy atom. The van der Waals surface area contributed by atoms with Crippen LogP contribution in [0, 0.1) is 0 Å². The summed E-state index contributed by atoms with van der Waals surface area (Å²) in [5.41, 5.74) is -0.576. The van der Waals surface area contributed by atoms with Crippen molar-refractivity contribution in [2.75, 3.05) is 6.61 Å². The molecule has 2 rings (SSSR count). The molecule has 8 nitrogen and oxygen atoms in total. The van der Waals surface area contributed by atoms with Gasteiger partial charge in [-0.3, -0.25) is 0 Å². The van der Waals surface area contributed by atoms with E-state index in [9.17, 15) is 15.0 Å². The zero-order chi connectivity index (χ0) is 11.0. The van der Waals surface area contributed by atoms with Gasteiger partial charge < -0.3 is 20.1 Å². The van der Waals surface area contributed by atoms with Crippen molar-refractivity contribution >= 4 is 0 Å². The van der Waals surface area contributed by atoms with Gasteiger partial charge in [0.05, 0.1) is 6.61 Å². The molecule has 1 aromatic rings. The lowest BCUT2D eigenvalue weighted by molar-refractivity contribution is -0.0589.